The van der Waals surface area contributed by atoms with Crippen LogP contribution in [0.3, 0.4) is 0 Å². The second kappa shape index (κ2) is 5.13. The van der Waals surface area contributed by atoms with Gasteiger partial charge < -0.3 is 5.32 Å². The molecule has 4 heteroatoms. The van der Waals surface area contributed by atoms with Gasteiger partial charge in [0.15, 0.2) is 5.11 Å². The van der Waals surface area contributed by atoms with E-state index < -0.39 is 0 Å². The smallest absolute Gasteiger partial charge is 0.191 e. The number of anilines is 1. The Morgan fingerprint density at radius 3 is 3.00 bits per heavy atom. The maximum atomic E-state index is 5.26. The number of allylic oxidation sites excluding steroid dienone is 2. The van der Waals surface area contributed by atoms with Crippen molar-refractivity contribution < 1.29 is 0 Å². The van der Waals surface area contributed by atoms with Crippen LogP contribution in [0.5, 0.6) is 0 Å². The average Bonchev–Trinajstić information content (AvgIpc) is 2.74. The molecule has 0 aliphatic heterocycles. The van der Waals surface area contributed by atoms with E-state index in [1.54, 1.807) is 0 Å². The number of para-hydroxylation sites is 1. The molecule has 0 saturated heterocycles. The zero-order valence-corrected chi connectivity index (χ0v) is 11.7. The zero-order chi connectivity index (χ0) is 13.2. The lowest BCUT2D eigenvalue weighted by molar-refractivity contribution is 0.463. The van der Waals surface area contributed by atoms with Crippen LogP contribution in [0.25, 0.3) is 0 Å². The van der Waals surface area contributed by atoms with Crippen molar-refractivity contribution in [2.75, 3.05) is 5.32 Å². The molecule has 0 heterocycles. The quantitative estimate of drug-likeness (QED) is 0.492. The van der Waals surface area contributed by atoms with E-state index in [0.717, 1.165) is 24.4 Å². The van der Waals surface area contributed by atoms with Crippen molar-refractivity contribution in [2.24, 2.45) is 16.9 Å². The second-order valence-corrected chi connectivity index (χ2v) is 5.53. The molecule has 1 aromatic rings. The maximum absolute atomic E-state index is 5.26. The van der Waals surface area contributed by atoms with E-state index >= 15 is 0 Å². The zero-order valence-electron chi connectivity index (χ0n) is 10.9. The molecule has 19 heavy (non-hydrogen) atoms. The van der Waals surface area contributed by atoms with E-state index in [-0.39, 0.29) is 0 Å². The van der Waals surface area contributed by atoms with Gasteiger partial charge in [-0.2, -0.15) is 5.10 Å². The number of thiocarbonyl (C=S) groups is 1. The van der Waals surface area contributed by atoms with Gasteiger partial charge in [0, 0.05) is 17.3 Å². The van der Waals surface area contributed by atoms with Gasteiger partial charge in [-0.1, -0.05) is 30.4 Å². The Kier molecular flexibility index (Phi) is 3.34. The fourth-order valence-electron chi connectivity index (χ4n) is 2.65. The summed E-state index contributed by atoms with van der Waals surface area (Å²) < 4.78 is 0. The Labute approximate surface area is 118 Å². The fourth-order valence-corrected chi connectivity index (χ4v) is 2.80. The van der Waals surface area contributed by atoms with E-state index in [2.05, 4.69) is 41.0 Å². The molecule has 98 valence electrons. The number of rotatable bonds is 2. The molecular formula is C15H17N3S. The highest BCUT2D eigenvalue weighted by atomic mass is 32.1. The lowest BCUT2D eigenvalue weighted by Crippen LogP contribution is -2.36. The van der Waals surface area contributed by atoms with Crippen LogP contribution in [0, 0.1) is 18.8 Å². The monoisotopic (exact) mass is 271 g/mol. The summed E-state index contributed by atoms with van der Waals surface area (Å²) in [6.07, 6.45) is 6.75. The third-order valence-electron chi connectivity index (χ3n) is 3.86. The first-order chi connectivity index (χ1) is 9.24. The third kappa shape index (κ3) is 2.54. The molecule has 0 spiro atoms. The van der Waals surface area contributed by atoms with Gasteiger partial charge in [-0.3, -0.25) is 5.43 Å². The number of fused-ring (bicyclic) bond motifs is 1. The molecule has 0 amide bonds. The summed E-state index contributed by atoms with van der Waals surface area (Å²) in [6.45, 7) is 2.05. The van der Waals surface area contributed by atoms with Crippen LogP contribution < -0.4 is 10.7 Å². The van der Waals surface area contributed by atoms with Gasteiger partial charge in [0.2, 0.25) is 0 Å². The van der Waals surface area contributed by atoms with Crippen LogP contribution >= 0.6 is 12.2 Å². The molecule has 0 bridgehead atoms. The molecular weight excluding hydrogens is 254 g/mol. The summed E-state index contributed by atoms with van der Waals surface area (Å²) in [5.74, 6) is 1.34. The van der Waals surface area contributed by atoms with Crippen LogP contribution in [-0.4, -0.2) is 10.8 Å². The number of hydrogen-bond acceptors (Lipinski definition) is 2. The first-order valence-corrected chi connectivity index (χ1v) is 7.00. The van der Waals surface area contributed by atoms with Crippen LogP contribution in [-0.2, 0) is 0 Å². The molecule has 2 aliphatic rings. The third-order valence-corrected chi connectivity index (χ3v) is 4.05. The Bertz CT molecular complexity index is 562. The summed E-state index contributed by atoms with van der Waals surface area (Å²) in [5.41, 5.74) is 6.39. The van der Waals surface area contributed by atoms with Crippen molar-refractivity contribution in [1.82, 2.24) is 5.43 Å². The molecule has 1 saturated carbocycles. The number of hydrogen-bond donors (Lipinski definition) is 2. The number of benzene rings is 1. The van der Waals surface area contributed by atoms with E-state index in [0.29, 0.717) is 11.0 Å². The predicted octanol–water partition coefficient (Wildman–Crippen LogP) is 3.23. The van der Waals surface area contributed by atoms with Gasteiger partial charge in [-0.25, -0.2) is 0 Å². The number of aryl methyl sites for hydroxylation is 1. The van der Waals surface area contributed by atoms with Gasteiger partial charge in [-0.15, -0.1) is 0 Å². The normalized spacial score (nSPS) is 25.8. The van der Waals surface area contributed by atoms with Crippen molar-refractivity contribution in [3.63, 3.8) is 0 Å². The first-order valence-electron chi connectivity index (χ1n) is 6.60. The van der Waals surface area contributed by atoms with Gasteiger partial charge in [-0.05, 0) is 49.5 Å². The summed E-state index contributed by atoms with van der Waals surface area (Å²) in [4.78, 5) is 0. The summed E-state index contributed by atoms with van der Waals surface area (Å²) in [6, 6.07) is 8.07. The largest absolute Gasteiger partial charge is 0.331 e. The Hall–Kier alpha value is -1.68. The lowest BCUT2D eigenvalue weighted by Gasteiger charge is -2.31. The number of nitrogens with one attached hydrogen (secondary N) is 2. The fraction of sp³-hybridized carbons (Fsp3) is 0.333. The highest BCUT2D eigenvalue weighted by Crippen LogP contribution is 2.40. The predicted molar refractivity (Wildman–Crippen MR) is 83.3 cm³/mol. The van der Waals surface area contributed by atoms with Crippen molar-refractivity contribution in [3.8, 4) is 0 Å². The molecule has 2 atom stereocenters. The van der Waals surface area contributed by atoms with Crippen LogP contribution in [0.15, 0.2) is 41.5 Å². The van der Waals surface area contributed by atoms with E-state index in [1.165, 1.54) is 11.3 Å². The van der Waals surface area contributed by atoms with Crippen LogP contribution in [0.2, 0.25) is 0 Å². The molecule has 3 nitrogen and oxygen atoms in total. The Morgan fingerprint density at radius 2 is 2.21 bits per heavy atom. The van der Waals surface area contributed by atoms with Gasteiger partial charge in [0.1, 0.15) is 0 Å². The van der Waals surface area contributed by atoms with Crippen molar-refractivity contribution in [1.29, 1.82) is 0 Å². The summed E-state index contributed by atoms with van der Waals surface area (Å²) in [5, 5.41) is 8.14. The van der Waals surface area contributed by atoms with Gasteiger partial charge in [0.25, 0.3) is 0 Å². The van der Waals surface area contributed by atoms with Crippen molar-refractivity contribution >= 4 is 28.7 Å². The summed E-state index contributed by atoms with van der Waals surface area (Å²) >= 11 is 5.26. The molecule has 2 aliphatic carbocycles. The van der Waals surface area contributed by atoms with Crippen LogP contribution in [0.4, 0.5) is 5.69 Å². The Morgan fingerprint density at radius 1 is 1.37 bits per heavy atom. The lowest BCUT2D eigenvalue weighted by atomic mass is 9.74. The molecule has 2 N–H and O–H groups in total. The second-order valence-electron chi connectivity index (χ2n) is 5.12. The van der Waals surface area contributed by atoms with Gasteiger partial charge in [0.05, 0.1) is 0 Å². The molecule has 1 fully saturated rings. The van der Waals surface area contributed by atoms with Crippen molar-refractivity contribution in [2.45, 2.75) is 19.8 Å². The van der Waals surface area contributed by atoms with E-state index in [9.17, 15) is 0 Å². The molecule has 0 unspecified atom stereocenters. The SMILES string of the molecule is Cc1ccccc1NC(=S)N/N=C1/C[C@@H]2C=CC[C@@H]12. The minimum atomic E-state index is 0.552. The minimum Gasteiger partial charge on any atom is -0.331 e. The van der Waals surface area contributed by atoms with Crippen LogP contribution in [0.1, 0.15) is 18.4 Å². The van der Waals surface area contributed by atoms with Crippen molar-refractivity contribution in [3.05, 3.63) is 42.0 Å². The molecule has 0 aromatic heterocycles. The van der Waals surface area contributed by atoms with Gasteiger partial charge >= 0.3 is 0 Å². The molecule has 3 rings (SSSR count). The number of nitrogens with zero attached hydrogens (tertiary/aromatic N) is 1. The highest BCUT2D eigenvalue weighted by molar-refractivity contribution is 7.80. The Balaban J connectivity index is 1.55. The maximum Gasteiger partial charge on any atom is 0.191 e. The first kappa shape index (κ1) is 12.4. The molecule has 1 aromatic carbocycles. The highest BCUT2D eigenvalue weighted by Gasteiger charge is 2.37. The van der Waals surface area contributed by atoms with E-state index in [4.69, 9.17) is 12.2 Å². The number of hydrazone groups is 1. The standard InChI is InChI=1S/C15H17N3S/c1-10-5-2-3-8-13(10)16-15(19)18-17-14-9-11-6-4-7-12(11)14/h2-6,8,11-12H,7,9H2,1H3,(H2,16,18,19)/b17-14-/t11-,12+/m0/s1. The summed E-state index contributed by atoms with van der Waals surface area (Å²) in [7, 11) is 0. The minimum absolute atomic E-state index is 0.552. The van der Waals surface area contributed by atoms with E-state index in [1.807, 2.05) is 18.2 Å². The topological polar surface area (TPSA) is 36.4 Å². The average molecular weight is 271 g/mol. The molecule has 0 radical (unpaired) electrons.